The molecule has 114 valence electrons. The van der Waals surface area contributed by atoms with Gasteiger partial charge in [-0.05, 0) is 24.6 Å². The van der Waals surface area contributed by atoms with Gasteiger partial charge in [0.2, 0.25) is 0 Å². The monoisotopic (exact) mass is 297 g/mol. The van der Waals surface area contributed by atoms with Crippen LogP contribution in [0.25, 0.3) is 0 Å². The highest BCUT2D eigenvalue weighted by atomic mass is 16.6. The second-order valence-corrected chi connectivity index (χ2v) is 5.13. The van der Waals surface area contributed by atoms with Gasteiger partial charge in [-0.3, -0.25) is 4.79 Å². The fourth-order valence-electron chi connectivity index (χ4n) is 2.54. The minimum atomic E-state index is -0.0336. The molecule has 0 fully saturated rings. The van der Waals surface area contributed by atoms with E-state index in [9.17, 15) is 4.79 Å². The van der Waals surface area contributed by atoms with E-state index in [1.165, 1.54) is 0 Å². The Bertz CT molecular complexity index is 655. The molecule has 0 spiro atoms. The second-order valence-electron chi connectivity index (χ2n) is 5.13. The van der Waals surface area contributed by atoms with E-state index in [0.717, 1.165) is 5.56 Å². The molecule has 4 nitrogen and oxygen atoms in total. The van der Waals surface area contributed by atoms with Crippen molar-refractivity contribution in [2.75, 3.05) is 19.8 Å². The van der Waals surface area contributed by atoms with E-state index in [-0.39, 0.29) is 5.91 Å². The molecule has 0 atom stereocenters. The summed E-state index contributed by atoms with van der Waals surface area (Å²) in [4.78, 5) is 14.7. The van der Waals surface area contributed by atoms with Crippen molar-refractivity contribution in [2.24, 2.45) is 0 Å². The van der Waals surface area contributed by atoms with E-state index in [1.54, 1.807) is 6.07 Å². The van der Waals surface area contributed by atoms with E-state index in [1.807, 2.05) is 54.3 Å². The summed E-state index contributed by atoms with van der Waals surface area (Å²) in [7, 11) is 0. The lowest BCUT2D eigenvalue weighted by Crippen LogP contribution is -2.31. The smallest absolute Gasteiger partial charge is 0.258 e. The lowest BCUT2D eigenvalue weighted by molar-refractivity contribution is 0.0742. The van der Waals surface area contributed by atoms with E-state index < -0.39 is 0 Å². The Labute approximate surface area is 130 Å². The molecule has 2 aromatic carbocycles. The minimum absolute atomic E-state index is 0.0336. The number of hydrogen-bond acceptors (Lipinski definition) is 3. The lowest BCUT2D eigenvalue weighted by atomic mass is 10.1. The summed E-state index contributed by atoms with van der Waals surface area (Å²) in [5.41, 5.74) is 1.68. The number of para-hydroxylation sites is 1. The maximum absolute atomic E-state index is 12.8. The van der Waals surface area contributed by atoms with Gasteiger partial charge in [-0.2, -0.15) is 0 Å². The third-order valence-electron chi connectivity index (χ3n) is 3.68. The van der Waals surface area contributed by atoms with Crippen LogP contribution in [0, 0.1) is 0 Å². The molecule has 0 saturated heterocycles. The zero-order valence-electron chi connectivity index (χ0n) is 12.6. The summed E-state index contributed by atoms with van der Waals surface area (Å²) < 4.78 is 11.2. The largest absolute Gasteiger partial charge is 0.486 e. The highest BCUT2D eigenvalue weighted by molar-refractivity contribution is 5.97. The van der Waals surface area contributed by atoms with Crippen molar-refractivity contribution in [3.63, 3.8) is 0 Å². The number of carbonyl (C=O) groups is 1. The van der Waals surface area contributed by atoms with Crippen LogP contribution in [0.15, 0.2) is 48.5 Å². The Morgan fingerprint density at radius 1 is 1.05 bits per heavy atom. The third-order valence-corrected chi connectivity index (χ3v) is 3.68. The molecular weight excluding hydrogens is 278 g/mol. The number of amides is 1. The van der Waals surface area contributed by atoms with Crippen LogP contribution in [0.5, 0.6) is 11.5 Å². The molecule has 0 radical (unpaired) electrons. The van der Waals surface area contributed by atoms with Crippen molar-refractivity contribution in [3.8, 4) is 11.5 Å². The minimum Gasteiger partial charge on any atom is -0.486 e. The molecule has 0 saturated carbocycles. The van der Waals surface area contributed by atoms with Crippen molar-refractivity contribution in [3.05, 3.63) is 59.7 Å². The number of benzene rings is 2. The maximum atomic E-state index is 12.8. The number of ether oxygens (including phenoxy) is 2. The topological polar surface area (TPSA) is 38.8 Å². The molecule has 0 N–H and O–H groups in total. The normalized spacial score (nSPS) is 12.8. The van der Waals surface area contributed by atoms with Gasteiger partial charge in [0, 0.05) is 13.1 Å². The number of nitrogens with zero attached hydrogens (tertiary/aromatic N) is 1. The highest BCUT2D eigenvalue weighted by Gasteiger charge is 2.23. The van der Waals surface area contributed by atoms with Gasteiger partial charge in [-0.25, -0.2) is 0 Å². The number of carbonyl (C=O) groups excluding carboxylic acids is 1. The van der Waals surface area contributed by atoms with E-state index in [4.69, 9.17) is 9.47 Å². The summed E-state index contributed by atoms with van der Waals surface area (Å²) in [6.45, 7) is 4.20. The SMILES string of the molecule is CCN(Cc1ccccc1)C(=O)c1cccc2c1OCCO2. The van der Waals surface area contributed by atoms with Crippen LogP contribution in [0.4, 0.5) is 0 Å². The zero-order chi connectivity index (χ0) is 15.4. The van der Waals surface area contributed by atoms with Crippen LogP contribution < -0.4 is 9.47 Å². The quantitative estimate of drug-likeness (QED) is 0.870. The van der Waals surface area contributed by atoms with Gasteiger partial charge in [-0.1, -0.05) is 36.4 Å². The summed E-state index contributed by atoms with van der Waals surface area (Å²) >= 11 is 0. The summed E-state index contributed by atoms with van der Waals surface area (Å²) in [5.74, 6) is 1.17. The van der Waals surface area contributed by atoms with Gasteiger partial charge in [-0.15, -0.1) is 0 Å². The van der Waals surface area contributed by atoms with Crippen molar-refractivity contribution in [1.82, 2.24) is 4.90 Å². The second kappa shape index (κ2) is 6.52. The predicted molar refractivity (Wildman–Crippen MR) is 84.3 cm³/mol. The van der Waals surface area contributed by atoms with Gasteiger partial charge >= 0.3 is 0 Å². The maximum Gasteiger partial charge on any atom is 0.258 e. The van der Waals surface area contributed by atoms with Crippen LogP contribution in [0.2, 0.25) is 0 Å². The molecule has 2 aromatic rings. The Morgan fingerprint density at radius 2 is 1.82 bits per heavy atom. The molecule has 3 rings (SSSR count). The van der Waals surface area contributed by atoms with Crippen molar-refractivity contribution in [2.45, 2.75) is 13.5 Å². The molecule has 0 aromatic heterocycles. The Kier molecular flexibility index (Phi) is 4.28. The Morgan fingerprint density at radius 3 is 2.59 bits per heavy atom. The standard InChI is InChI=1S/C18H19NO3/c1-2-19(13-14-7-4-3-5-8-14)18(20)15-9-6-10-16-17(15)22-12-11-21-16/h3-10H,2,11-13H2,1H3. The molecule has 0 bridgehead atoms. The van der Waals surface area contributed by atoms with Crippen LogP contribution in [0.1, 0.15) is 22.8 Å². The molecule has 22 heavy (non-hydrogen) atoms. The van der Waals surface area contributed by atoms with E-state index >= 15 is 0 Å². The number of hydrogen-bond donors (Lipinski definition) is 0. The van der Waals surface area contributed by atoms with Gasteiger partial charge in [0.25, 0.3) is 5.91 Å². The molecule has 0 aliphatic carbocycles. The van der Waals surface area contributed by atoms with Crippen LogP contribution >= 0.6 is 0 Å². The van der Waals surface area contributed by atoms with Gasteiger partial charge < -0.3 is 14.4 Å². The first kappa shape index (κ1) is 14.4. The molecule has 4 heteroatoms. The number of rotatable bonds is 4. The van der Waals surface area contributed by atoms with Crippen LogP contribution in [-0.4, -0.2) is 30.6 Å². The molecule has 1 aliphatic rings. The van der Waals surface area contributed by atoms with Crippen molar-refractivity contribution in [1.29, 1.82) is 0 Å². The predicted octanol–water partition coefficient (Wildman–Crippen LogP) is 3.12. The molecule has 1 heterocycles. The average Bonchev–Trinajstić information content (AvgIpc) is 2.59. The fraction of sp³-hybridized carbons (Fsp3) is 0.278. The Hall–Kier alpha value is -2.49. The van der Waals surface area contributed by atoms with Crippen molar-refractivity contribution >= 4 is 5.91 Å². The van der Waals surface area contributed by atoms with Gasteiger partial charge in [0.15, 0.2) is 11.5 Å². The van der Waals surface area contributed by atoms with E-state index in [0.29, 0.717) is 43.4 Å². The first-order chi connectivity index (χ1) is 10.8. The summed E-state index contributed by atoms with van der Waals surface area (Å²) in [6.07, 6.45) is 0. The molecule has 1 amide bonds. The number of fused-ring (bicyclic) bond motifs is 1. The molecule has 1 aliphatic heterocycles. The van der Waals surface area contributed by atoms with Gasteiger partial charge in [0.05, 0.1) is 5.56 Å². The van der Waals surface area contributed by atoms with E-state index in [2.05, 4.69) is 0 Å². The van der Waals surface area contributed by atoms with Crippen molar-refractivity contribution < 1.29 is 14.3 Å². The first-order valence-electron chi connectivity index (χ1n) is 7.51. The summed E-state index contributed by atoms with van der Waals surface area (Å²) in [6, 6.07) is 15.4. The fourth-order valence-corrected chi connectivity index (χ4v) is 2.54. The molecular formula is C18H19NO3. The van der Waals surface area contributed by atoms with Crippen LogP contribution in [-0.2, 0) is 6.54 Å². The average molecular weight is 297 g/mol. The molecule has 0 unspecified atom stereocenters. The van der Waals surface area contributed by atoms with Gasteiger partial charge in [0.1, 0.15) is 13.2 Å². The summed E-state index contributed by atoms with van der Waals surface area (Å²) in [5, 5.41) is 0. The highest BCUT2D eigenvalue weighted by Crippen LogP contribution is 2.34. The Balaban J connectivity index is 1.86. The first-order valence-corrected chi connectivity index (χ1v) is 7.51. The lowest BCUT2D eigenvalue weighted by Gasteiger charge is -2.25. The van der Waals surface area contributed by atoms with Crippen LogP contribution in [0.3, 0.4) is 0 Å². The zero-order valence-corrected chi connectivity index (χ0v) is 12.6. The third kappa shape index (κ3) is 2.91.